The minimum atomic E-state index is -0.912. The lowest BCUT2D eigenvalue weighted by molar-refractivity contribution is -0.145. The molecule has 1 amide bonds. The van der Waals surface area contributed by atoms with E-state index in [4.69, 9.17) is 4.74 Å². The predicted molar refractivity (Wildman–Crippen MR) is 79.4 cm³/mol. The molecule has 0 fully saturated rings. The quantitative estimate of drug-likeness (QED) is 0.863. The third kappa shape index (κ3) is 3.91. The maximum atomic E-state index is 13.6. The summed E-state index contributed by atoms with van der Waals surface area (Å²) in [6, 6.07) is 13.9. The molecule has 0 aliphatic carbocycles. The van der Waals surface area contributed by atoms with Gasteiger partial charge in [0.15, 0.2) is 6.04 Å². The monoisotopic (exact) mass is 301 g/mol. The number of halogens is 1. The van der Waals surface area contributed by atoms with Crippen LogP contribution in [0.3, 0.4) is 0 Å². The molecule has 22 heavy (non-hydrogen) atoms. The van der Waals surface area contributed by atoms with Crippen LogP contribution in [-0.2, 0) is 20.7 Å². The molecule has 1 atom stereocenters. The minimum Gasteiger partial charge on any atom is -0.467 e. The maximum Gasteiger partial charge on any atom is 0.333 e. The smallest absolute Gasteiger partial charge is 0.333 e. The molecule has 114 valence electrons. The van der Waals surface area contributed by atoms with Crippen LogP contribution in [0.5, 0.6) is 0 Å². The van der Waals surface area contributed by atoms with E-state index >= 15 is 0 Å². The van der Waals surface area contributed by atoms with E-state index in [9.17, 15) is 14.0 Å². The van der Waals surface area contributed by atoms with Crippen molar-refractivity contribution in [2.45, 2.75) is 12.5 Å². The summed E-state index contributed by atoms with van der Waals surface area (Å²) in [6.45, 7) is 0. The normalized spacial score (nSPS) is 11.5. The van der Waals surface area contributed by atoms with Gasteiger partial charge in [0, 0.05) is 0 Å². The molecule has 5 heteroatoms. The van der Waals surface area contributed by atoms with Gasteiger partial charge >= 0.3 is 5.97 Å². The first kappa shape index (κ1) is 15.7. The van der Waals surface area contributed by atoms with Crippen LogP contribution in [0.4, 0.5) is 4.39 Å². The lowest BCUT2D eigenvalue weighted by atomic mass is 10.1. The van der Waals surface area contributed by atoms with Crippen LogP contribution in [-0.4, -0.2) is 19.0 Å². The molecule has 1 N–H and O–H groups in total. The van der Waals surface area contributed by atoms with Gasteiger partial charge in [-0.1, -0.05) is 48.5 Å². The zero-order valence-electron chi connectivity index (χ0n) is 12.1. The van der Waals surface area contributed by atoms with Crippen molar-refractivity contribution in [1.82, 2.24) is 5.32 Å². The summed E-state index contributed by atoms with van der Waals surface area (Å²) in [4.78, 5) is 23.9. The number of esters is 1. The summed E-state index contributed by atoms with van der Waals surface area (Å²) < 4.78 is 18.3. The lowest BCUT2D eigenvalue weighted by Gasteiger charge is -2.17. The largest absolute Gasteiger partial charge is 0.467 e. The summed E-state index contributed by atoms with van der Waals surface area (Å²) in [6.07, 6.45) is -0.146. The number of ether oxygens (including phenoxy) is 1. The summed E-state index contributed by atoms with van der Waals surface area (Å²) in [5, 5.41) is 2.58. The van der Waals surface area contributed by atoms with E-state index in [2.05, 4.69) is 5.32 Å². The number of benzene rings is 2. The first-order valence-electron chi connectivity index (χ1n) is 6.77. The molecule has 0 radical (unpaired) electrons. The first-order chi connectivity index (χ1) is 10.6. The van der Waals surface area contributed by atoms with Gasteiger partial charge in [-0.05, 0) is 17.2 Å². The van der Waals surface area contributed by atoms with Crippen molar-refractivity contribution in [3.05, 3.63) is 71.5 Å². The summed E-state index contributed by atoms with van der Waals surface area (Å²) in [7, 11) is 1.25. The van der Waals surface area contributed by atoms with E-state index in [0.717, 1.165) is 0 Å². The van der Waals surface area contributed by atoms with Crippen molar-refractivity contribution in [1.29, 1.82) is 0 Å². The Morgan fingerprint density at radius 3 is 2.36 bits per heavy atom. The summed E-state index contributed by atoms with van der Waals surface area (Å²) >= 11 is 0. The molecule has 0 unspecified atom stereocenters. The van der Waals surface area contributed by atoms with Crippen molar-refractivity contribution >= 4 is 11.9 Å². The van der Waals surface area contributed by atoms with Gasteiger partial charge in [-0.15, -0.1) is 0 Å². The van der Waals surface area contributed by atoms with Crippen LogP contribution >= 0.6 is 0 Å². The van der Waals surface area contributed by atoms with Gasteiger partial charge in [-0.3, -0.25) is 4.79 Å². The molecule has 0 saturated heterocycles. The maximum absolute atomic E-state index is 13.6. The zero-order chi connectivity index (χ0) is 15.9. The van der Waals surface area contributed by atoms with E-state index in [1.165, 1.54) is 19.2 Å². The number of carbonyl (C=O) groups excluding carboxylic acids is 2. The molecule has 4 nitrogen and oxygen atoms in total. The predicted octanol–water partition coefficient (Wildman–Crippen LogP) is 2.40. The number of methoxy groups -OCH3 is 1. The second kappa shape index (κ2) is 7.36. The van der Waals surface area contributed by atoms with Crippen molar-refractivity contribution in [2.75, 3.05) is 7.11 Å². The number of hydrogen-bond donors (Lipinski definition) is 1. The Morgan fingerprint density at radius 2 is 1.73 bits per heavy atom. The van der Waals surface area contributed by atoms with Gasteiger partial charge in [0.25, 0.3) is 0 Å². The van der Waals surface area contributed by atoms with Gasteiger partial charge < -0.3 is 10.1 Å². The second-order valence-electron chi connectivity index (χ2n) is 4.70. The molecule has 0 heterocycles. The van der Waals surface area contributed by atoms with E-state index in [1.807, 2.05) is 0 Å². The Morgan fingerprint density at radius 1 is 1.09 bits per heavy atom. The highest BCUT2D eigenvalue weighted by molar-refractivity contribution is 5.86. The van der Waals surface area contributed by atoms with Crippen LogP contribution in [0, 0.1) is 5.82 Å². The van der Waals surface area contributed by atoms with Crippen LogP contribution in [0.25, 0.3) is 0 Å². The molecule has 0 aliphatic rings. The van der Waals surface area contributed by atoms with Crippen LogP contribution in [0.2, 0.25) is 0 Å². The average molecular weight is 301 g/mol. The topological polar surface area (TPSA) is 55.4 Å². The second-order valence-corrected chi connectivity index (χ2v) is 4.70. The lowest BCUT2D eigenvalue weighted by Crippen LogP contribution is -2.35. The van der Waals surface area contributed by atoms with Gasteiger partial charge in [0.2, 0.25) is 5.91 Å². The van der Waals surface area contributed by atoms with Gasteiger partial charge in [0.05, 0.1) is 13.5 Å². The fourth-order valence-electron chi connectivity index (χ4n) is 2.07. The third-order valence-corrected chi connectivity index (χ3v) is 3.18. The molecule has 0 bridgehead atoms. The first-order valence-corrected chi connectivity index (χ1v) is 6.77. The molecule has 0 aromatic heterocycles. The van der Waals surface area contributed by atoms with Crippen molar-refractivity contribution in [3.63, 3.8) is 0 Å². The number of hydrogen-bond acceptors (Lipinski definition) is 3. The fourth-order valence-corrected chi connectivity index (χ4v) is 2.07. The molecule has 0 aliphatic heterocycles. The number of nitrogens with one attached hydrogen (secondary N) is 1. The Kier molecular flexibility index (Phi) is 5.25. The zero-order valence-corrected chi connectivity index (χ0v) is 12.1. The van der Waals surface area contributed by atoms with Crippen LogP contribution in [0.15, 0.2) is 54.6 Å². The Balaban J connectivity index is 2.12. The SMILES string of the molecule is COC(=O)[C@H](NC(=O)Cc1ccccc1F)c1ccccc1. The van der Waals surface area contributed by atoms with E-state index in [0.29, 0.717) is 5.56 Å². The van der Waals surface area contributed by atoms with E-state index in [1.54, 1.807) is 42.5 Å². The third-order valence-electron chi connectivity index (χ3n) is 3.18. The van der Waals surface area contributed by atoms with Crippen LogP contribution in [0.1, 0.15) is 17.2 Å². The summed E-state index contributed by atoms with van der Waals surface area (Å²) in [5.74, 6) is -1.48. The molecule has 0 spiro atoms. The standard InChI is InChI=1S/C17H16FNO3/c1-22-17(21)16(12-7-3-2-4-8-12)19-15(20)11-13-9-5-6-10-14(13)18/h2-10,16H,11H2,1H3,(H,19,20)/t16-/m1/s1. The molecule has 0 saturated carbocycles. The van der Waals surface area contributed by atoms with Crippen molar-refractivity contribution < 1.29 is 18.7 Å². The number of rotatable bonds is 5. The molecule has 2 rings (SSSR count). The molecule has 2 aromatic carbocycles. The van der Waals surface area contributed by atoms with Crippen molar-refractivity contribution in [2.24, 2.45) is 0 Å². The highest BCUT2D eigenvalue weighted by atomic mass is 19.1. The summed E-state index contributed by atoms with van der Waals surface area (Å²) in [5.41, 5.74) is 0.882. The minimum absolute atomic E-state index is 0.146. The Labute approximate surface area is 127 Å². The molecule has 2 aromatic rings. The molecular weight excluding hydrogens is 285 g/mol. The highest BCUT2D eigenvalue weighted by Crippen LogP contribution is 2.15. The number of amides is 1. The van der Waals surface area contributed by atoms with E-state index in [-0.39, 0.29) is 12.0 Å². The molecular formula is C17H16FNO3. The average Bonchev–Trinajstić information content (AvgIpc) is 2.55. The fraction of sp³-hybridized carbons (Fsp3) is 0.176. The Bertz CT molecular complexity index is 658. The van der Waals surface area contributed by atoms with Gasteiger partial charge in [-0.25, -0.2) is 9.18 Å². The van der Waals surface area contributed by atoms with Gasteiger partial charge in [0.1, 0.15) is 5.82 Å². The van der Waals surface area contributed by atoms with Crippen molar-refractivity contribution in [3.8, 4) is 0 Å². The van der Waals surface area contributed by atoms with Gasteiger partial charge in [-0.2, -0.15) is 0 Å². The highest BCUT2D eigenvalue weighted by Gasteiger charge is 2.23. The van der Waals surface area contributed by atoms with Crippen LogP contribution < -0.4 is 5.32 Å². The Hall–Kier alpha value is -2.69. The number of carbonyl (C=O) groups is 2. The van der Waals surface area contributed by atoms with E-state index < -0.39 is 23.7 Å².